The van der Waals surface area contributed by atoms with Crippen LogP contribution in [-0.2, 0) is 17.9 Å². The standard InChI is InChI=1S/C17H24N4O3/c1-18-17(23)24-10-14-13-8-19-16(22)12(13)7-15(20-14)21(2)9-11-5-3-4-6-11/h7,11H,3-6,8-10H2,1-2H3,(H,18,23)(H,19,22). The largest absolute Gasteiger partial charge is 0.443 e. The lowest BCUT2D eigenvalue weighted by atomic mass is 10.1. The molecule has 0 saturated heterocycles. The summed E-state index contributed by atoms with van der Waals surface area (Å²) in [6.45, 7) is 1.42. The fourth-order valence-electron chi connectivity index (χ4n) is 3.47. The van der Waals surface area contributed by atoms with Gasteiger partial charge in [0.1, 0.15) is 12.4 Å². The minimum atomic E-state index is -0.507. The van der Waals surface area contributed by atoms with Crippen molar-refractivity contribution in [2.75, 3.05) is 25.5 Å². The van der Waals surface area contributed by atoms with Crippen molar-refractivity contribution >= 4 is 17.8 Å². The Kier molecular flexibility index (Phi) is 4.87. The molecule has 0 radical (unpaired) electrons. The SMILES string of the molecule is CNC(=O)OCc1nc(N(C)CC2CCCC2)cc2c1CNC2=O. The maximum absolute atomic E-state index is 12.1. The Morgan fingerprint density at radius 3 is 2.92 bits per heavy atom. The van der Waals surface area contributed by atoms with E-state index >= 15 is 0 Å². The Balaban J connectivity index is 1.82. The summed E-state index contributed by atoms with van der Waals surface area (Å²) in [7, 11) is 3.51. The quantitative estimate of drug-likeness (QED) is 0.859. The van der Waals surface area contributed by atoms with E-state index in [1.54, 1.807) is 0 Å². The molecular formula is C17H24N4O3. The number of amides is 2. The van der Waals surface area contributed by atoms with Gasteiger partial charge in [-0.1, -0.05) is 12.8 Å². The zero-order valence-electron chi connectivity index (χ0n) is 14.2. The van der Waals surface area contributed by atoms with E-state index < -0.39 is 6.09 Å². The molecule has 0 bridgehead atoms. The van der Waals surface area contributed by atoms with Crippen LogP contribution in [0, 0.1) is 5.92 Å². The van der Waals surface area contributed by atoms with Crippen LogP contribution in [0.1, 0.15) is 47.3 Å². The van der Waals surface area contributed by atoms with Crippen LogP contribution < -0.4 is 15.5 Å². The summed E-state index contributed by atoms with van der Waals surface area (Å²) in [6.07, 6.45) is 4.59. The van der Waals surface area contributed by atoms with Crippen LogP contribution in [0.3, 0.4) is 0 Å². The molecule has 1 saturated carbocycles. The summed E-state index contributed by atoms with van der Waals surface area (Å²) in [5.41, 5.74) is 2.10. The monoisotopic (exact) mass is 332 g/mol. The van der Waals surface area contributed by atoms with E-state index in [2.05, 4.69) is 20.5 Å². The van der Waals surface area contributed by atoms with Gasteiger partial charge in [0.15, 0.2) is 0 Å². The summed E-state index contributed by atoms with van der Waals surface area (Å²) in [5, 5.41) is 5.23. The van der Waals surface area contributed by atoms with Gasteiger partial charge in [-0.2, -0.15) is 0 Å². The number of nitrogens with one attached hydrogen (secondary N) is 2. The average molecular weight is 332 g/mol. The van der Waals surface area contributed by atoms with Crippen LogP contribution in [0.2, 0.25) is 0 Å². The van der Waals surface area contributed by atoms with Gasteiger partial charge < -0.3 is 20.3 Å². The van der Waals surface area contributed by atoms with Gasteiger partial charge in [0.05, 0.1) is 5.69 Å². The first kappa shape index (κ1) is 16.5. The van der Waals surface area contributed by atoms with Crippen LogP contribution in [0.5, 0.6) is 0 Å². The van der Waals surface area contributed by atoms with Crippen LogP contribution in [0.25, 0.3) is 0 Å². The van der Waals surface area contributed by atoms with Gasteiger partial charge in [-0.25, -0.2) is 9.78 Å². The first-order valence-electron chi connectivity index (χ1n) is 8.45. The molecule has 1 fully saturated rings. The van der Waals surface area contributed by atoms with Gasteiger partial charge in [0.2, 0.25) is 0 Å². The normalized spacial score (nSPS) is 16.7. The van der Waals surface area contributed by atoms with Crippen molar-refractivity contribution in [2.24, 2.45) is 5.92 Å². The summed E-state index contributed by atoms with van der Waals surface area (Å²) in [6, 6.07) is 1.84. The van der Waals surface area contributed by atoms with Gasteiger partial charge in [-0.15, -0.1) is 0 Å². The van der Waals surface area contributed by atoms with Gasteiger partial charge in [-0.3, -0.25) is 4.79 Å². The number of hydrogen-bond donors (Lipinski definition) is 2. The number of nitrogens with zero attached hydrogens (tertiary/aromatic N) is 2. The first-order chi connectivity index (χ1) is 11.6. The number of hydrogen-bond acceptors (Lipinski definition) is 5. The lowest BCUT2D eigenvalue weighted by Gasteiger charge is -2.23. The molecule has 130 valence electrons. The van der Waals surface area contributed by atoms with E-state index in [0.717, 1.165) is 17.9 Å². The smallest absolute Gasteiger partial charge is 0.407 e. The van der Waals surface area contributed by atoms with Crippen molar-refractivity contribution < 1.29 is 14.3 Å². The second-order valence-electron chi connectivity index (χ2n) is 6.49. The van der Waals surface area contributed by atoms with Crippen molar-refractivity contribution in [1.82, 2.24) is 15.6 Å². The average Bonchev–Trinajstić information content (AvgIpc) is 3.22. The van der Waals surface area contributed by atoms with Gasteiger partial charge in [0.25, 0.3) is 5.91 Å². The van der Waals surface area contributed by atoms with Crippen molar-refractivity contribution in [3.8, 4) is 0 Å². The van der Waals surface area contributed by atoms with E-state index in [9.17, 15) is 9.59 Å². The molecule has 24 heavy (non-hydrogen) atoms. The molecule has 2 amide bonds. The molecule has 2 aliphatic rings. The van der Waals surface area contributed by atoms with Crippen molar-refractivity contribution in [2.45, 2.75) is 38.8 Å². The second-order valence-corrected chi connectivity index (χ2v) is 6.49. The Labute approximate surface area is 141 Å². The zero-order chi connectivity index (χ0) is 17.1. The fraction of sp³-hybridized carbons (Fsp3) is 0.588. The number of carbonyl (C=O) groups excluding carboxylic acids is 2. The maximum atomic E-state index is 12.1. The molecule has 0 spiro atoms. The molecule has 2 N–H and O–H groups in total. The summed E-state index contributed by atoms with van der Waals surface area (Å²) in [5.74, 6) is 1.35. The number of fused-ring (bicyclic) bond motifs is 1. The second kappa shape index (κ2) is 7.07. The number of alkyl carbamates (subject to hydrolysis) is 1. The molecule has 3 rings (SSSR count). The number of anilines is 1. The van der Waals surface area contributed by atoms with Crippen LogP contribution in [0.4, 0.5) is 10.6 Å². The molecule has 0 atom stereocenters. The van der Waals surface area contributed by atoms with E-state index in [1.807, 2.05) is 13.1 Å². The molecule has 2 heterocycles. The highest BCUT2D eigenvalue weighted by molar-refractivity contribution is 5.99. The Bertz CT molecular complexity index is 641. The molecule has 7 nitrogen and oxygen atoms in total. The number of aromatic nitrogens is 1. The van der Waals surface area contributed by atoms with Crippen LogP contribution >= 0.6 is 0 Å². The van der Waals surface area contributed by atoms with Crippen molar-refractivity contribution in [1.29, 1.82) is 0 Å². The predicted molar refractivity (Wildman–Crippen MR) is 89.9 cm³/mol. The summed E-state index contributed by atoms with van der Waals surface area (Å²) >= 11 is 0. The van der Waals surface area contributed by atoms with E-state index in [0.29, 0.717) is 23.7 Å². The Hall–Kier alpha value is -2.31. The minimum Gasteiger partial charge on any atom is -0.443 e. The minimum absolute atomic E-state index is 0.0576. The highest BCUT2D eigenvalue weighted by Crippen LogP contribution is 2.28. The summed E-state index contributed by atoms with van der Waals surface area (Å²) < 4.78 is 5.14. The topological polar surface area (TPSA) is 83.6 Å². The van der Waals surface area contributed by atoms with E-state index in [1.165, 1.54) is 32.7 Å². The van der Waals surface area contributed by atoms with E-state index in [-0.39, 0.29) is 12.5 Å². The third-order valence-electron chi connectivity index (χ3n) is 4.81. The van der Waals surface area contributed by atoms with Crippen molar-refractivity contribution in [3.63, 3.8) is 0 Å². The van der Waals surface area contributed by atoms with Crippen LogP contribution in [-0.4, -0.2) is 37.6 Å². The number of rotatable bonds is 5. The zero-order valence-corrected chi connectivity index (χ0v) is 14.2. The predicted octanol–water partition coefficient (Wildman–Crippen LogP) is 1.81. The molecule has 1 aliphatic heterocycles. The highest BCUT2D eigenvalue weighted by atomic mass is 16.5. The first-order valence-corrected chi connectivity index (χ1v) is 8.45. The van der Waals surface area contributed by atoms with Gasteiger partial charge >= 0.3 is 6.09 Å². The number of pyridine rings is 1. The Morgan fingerprint density at radius 2 is 2.21 bits per heavy atom. The molecule has 7 heteroatoms. The molecule has 0 aromatic carbocycles. The molecule has 1 aromatic heterocycles. The van der Waals surface area contributed by atoms with Gasteiger partial charge in [-0.05, 0) is 24.8 Å². The Morgan fingerprint density at radius 1 is 1.46 bits per heavy atom. The fourth-order valence-corrected chi connectivity index (χ4v) is 3.47. The maximum Gasteiger partial charge on any atom is 0.407 e. The third-order valence-corrected chi connectivity index (χ3v) is 4.81. The summed E-state index contributed by atoms with van der Waals surface area (Å²) in [4.78, 5) is 30.2. The molecule has 1 aliphatic carbocycles. The lowest BCUT2D eigenvalue weighted by molar-refractivity contribution is 0.0965. The highest BCUT2D eigenvalue weighted by Gasteiger charge is 2.26. The van der Waals surface area contributed by atoms with Crippen LogP contribution in [0.15, 0.2) is 6.07 Å². The molecule has 1 aromatic rings. The number of ether oxygens (including phenoxy) is 1. The van der Waals surface area contributed by atoms with E-state index in [4.69, 9.17) is 4.74 Å². The van der Waals surface area contributed by atoms with Gasteiger partial charge in [0, 0.05) is 38.3 Å². The lowest BCUT2D eigenvalue weighted by Crippen LogP contribution is -2.26. The third kappa shape index (κ3) is 3.44. The molecule has 0 unspecified atom stereocenters. The molecular weight excluding hydrogens is 308 g/mol. The van der Waals surface area contributed by atoms with Crippen molar-refractivity contribution in [3.05, 3.63) is 22.9 Å². The number of carbonyl (C=O) groups is 2.